The van der Waals surface area contributed by atoms with Gasteiger partial charge in [0.25, 0.3) is 0 Å². The third-order valence-electron chi connectivity index (χ3n) is 2.47. The number of benzene rings is 1. The zero-order valence-electron chi connectivity index (χ0n) is 9.98. The molecule has 0 spiro atoms. The molecule has 1 aromatic carbocycles. The van der Waals surface area contributed by atoms with Crippen LogP contribution in [0.4, 0.5) is 5.82 Å². The van der Waals surface area contributed by atoms with Crippen LogP contribution in [0.2, 0.25) is 5.15 Å². The largest absolute Gasteiger partial charge is 0.310 e. The Hall–Kier alpha value is -1.87. The monoisotopic (exact) mass is 260 g/mol. The van der Waals surface area contributed by atoms with Crippen LogP contribution in [0.15, 0.2) is 42.5 Å². The predicted octanol–water partition coefficient (Wildman–Crippen LogP) is 3.22. The van der Waals surface area contributed by atoms with Crippen LogP contribution >= 0.6 is 11.6 Å². The van der Waals surface area contributed by atoms with Crippen molar-refractivity contribution in [2.45, 2.75) is 13.3 Å². The fourth-order valence-electron chi connectivity index (χ4n) is 1.56. The van der Waals surface area contributed by atoms with E-state index in [1.54, 1.807) is 18.2 Å². The minimum absolute atomic E-state index is 0.103. The van der Waals surface area contributed by atoms with E-state index in [0.717, 1.165) is 5.56 Å². The molecule has 18 heavy (non-hydrogen) atoms. The molecule has 0 fully saturated rings. The van der Waals surface area contributed by atoms with E-state index < -0.39 is 0 Å². The molecule has 0 aliphatic rings. The van der Waals surface area contributed by atoms with Crippen molar-refractivity contribution in [1.29, 1.82) is 0 Å². The first-order valence-corrected chi connectivity index (χ1v) is 5.99. The highest BCUT2D eigenvalue weighted by Crippen LogP contribution is 2.10. The first kappa shape index (κ1) is 12.6. The van der Waals surface area contributed by atoms with Crippen LogP contribution in [0.25, 0.3) is 0 Å². The molecule has 0 aliphatic heterocycles. The zero-order valence-corrected chi connectivity index (χ0v) is 10.7. The second kappa shape index (κ2) is 5.65. The SMILES string of the molecule is Cc1ccc(CC(=O)Nc2cccc(Cl)n2)cc1. The lowest BCUT2D eigenvalue weighted by Gasteiger charge is -2.05. The molecule has 2 rings (SSSR count). The van der Waals surface area contributed by atoms with Gasteiger partial charge in [-0.15, -0.1) is 0 Å². The highest BCUT2D eigenvalue weighted by atomic mass is 35.5. The quantitative estimate of drug-likeness (QED) is 0.861. The molecule has 2 aromatic rings. The van der Waals surface area contributed by atoms with Crippen LogP contribution in [0, 0.1) is 6.92 Å². The lowest BCUT2D eigenvalue weighted by Crippen LogP contribution is -2.15. The zero-order chi connectivity index (χ0) is 13.0. The van der Waals surface area contributed by atoms with Crippen molar-refractivity contribution in [1.82, 2.24) is 4.98 Å². The van der Waals surface area contributed by atoms with Crippen molar-refractivity contribution in [2.75, 3.05) is 5.32 Å². The molecule has 0 radical (unpaired) electrons. The fraction of sp³-hybridized carbons (Fsp3) is 0.143. The van der Waals surface area contributed by atoms with Gasteiger partial charge in [-0.2, -0.15) is 0 Å². The van der Waals surface area contributed by atoms with E-state index in [4.69, 9.17) is 11.6 Å². The van der Waals surface area contributed by atoms with Gasteiger partial charge in [-0.1, -0.05) is 47.5 Å². The Kier molecular flexibility index (Phi) is 3.95. The Morgan fingerprint density at radius 3 is 2.61 bits per heavy atom. The van der Waals surface area contributed by atoms with Crippen LogP contribution in [0.3, 0.4) is 0 Å². The first-order chi connectivity index (χ1) is 8.63. The predicted molar refractivity (Wildman–Crippen MR) is 72.8 cm³/mol. The van der Waals surface area contributed by atoms with E-state index in [-0.39, 0.29) is 5.91 Å². The van der Waals surface area contributed by atoms with Gasteiger partial charge >= 0.3 is 0 Å². The molecule has 1 heterocycles. The van der Waals surface area contributed by atoms with Crippen molar-refractivity contribution in [3.63, 3.8) is 0 Å². The highest BCUT2D eigenvalue weighted by Gasteiger charge is 2.05. The molecule has 0 saturated heterocycles. The summed E-state index contributed by atoms with van der Waals surface area (Å²) in [5.41, 5.74) is 2.15. The number of carbonyl (C=O) groups is 1. The molecule has 0 atom stereocenters. The second-order valence-electron chi connectivity index (χ2n) is 4.06. The normalized spacial score (nSPS) is 10.1. The number of nitrogens with zero attached hydrogens (tertiary/aromatic N) is 1. The van der Waals surface area contributed by atoms with Crippen LogP contribution in [0.5, 0.6) is 0 Å². The lowest BCUT2D eigenvalue weighted by molar-refractivity contribution is -0.115. The van der Waals surface area contributed by atoms with Gasteiger partial charge < -0.3 is 5.32 Å². The van der Waals surface area contributed by atoms with E-state index in [1.807, 2.05) is 31.2 Å². The third-order valence-corrected chi connectivity index (χ3v) is 2.68. The van der Waals surface area contributed by atoms with Gasteiger partial charge in [0.15, 0.2) is 0 Å². The molecule has 0 bridgehead atoms. The van der Waals surface area contributed by atoms with E-state index in [1.165, 1.54) is 5.56 Å². The standard InChI is InChI=1S/C14H13ClN2O/c1-10-5-7-11(8-6-10)9-14(18)17-13-4-2-3-12(15)16-13/h2-8H,9H2,1H3,(H,16,17,18). The number of hydrogen-bond donors (Lipinski definition) is 1. The van der Waals surface area contributed by atoms with Crippen LogP contribution in [-0.4, -0.2) is 10.9 Å². The van der Waals surface area contributed by atoms with Crippen LogP contribution in [0.1, 0.15) is 11.1 Å². The minimum Gasteiger partial charge on any atom is -0.310 e. The van der Waals surface area contributed by atoms with Gasteiger partial charge in [0.2, 0.25) is 5.91 Å². The van der Waals surface area contributed by atoms with Crippen LogP contribution < -0.4 is 5.32 Å². The average Bonchev–Trinajstić information content (AvgIpc) is 2.32. The molecule has 3 nitrogen and oxygen atoms in total. The molecular formula is C14H13ClN2O. The summed E-state index contributed by atoms with van der Waals surface area (Å²) in [5, 5.41) is 3.08. The Morgan fingerprint density at radius 1 is 1.22 bits per heavy atom. The second-order valence-corrected chi connectivity index (χ2v) is 4.44. The molecule has 1 amide bonds. The Labute approximate surface area is 111 Å². The maximum atomic E-state index is 11.8. The van der Waals surface area contributed by atoms with Gasteiger partial charge in [-0.05, 0) is 24.6 Å². The van der Waals surface area contributed by atoms with Gasteiger partial charge in [-0.25, -0.2) is 4.98 Å². The number of anilines is 1. The topological polar surface area (TPSA) is 42.0 Å². The van der Waals surface area contributed by atoms with E-state index >= 15 is 0 Å². The summed E-state index contributed by atoms with van der Waals surface area (Å²) in [6, 6.07) is 13.0. The van der Waals surface area contributed by atoms with Crippen molar-refractivity contribution >= 4 is 23.3 Å². The Bertz CT molecular complexity index is 552. The Balaban J connectivity index is 1.98. The molecule has 92 valence electrons. The molecule has 1 N–H and O–H groups in total. The van der Waals surface area contributed by atoms with Gasteiger partial charge in [0.1, 0.15) is 11.0 Å². The van der Waals surface area contributed by atoms with E-state index in [0.29, 0.717) is 17.4 Å². The maximum absolute atomic E-state index is 11.8. The molecule has 1 aromatic heterocycles. The van der Waals surface area contributed by atoms with Crippen molar-refractivity contribution in [3.05, 3.63) is 58.7 Å². The number of aryl methyl sites for hydroxylation is 1. The number of nitrogens with one attached hydrogen (secondary N) is 1. The number of pyridine rings is 1. The molecule has 0 unspecified atom stereocenters. The van der Waals surface area contributed by atoms with Crippen molar-refractivity contribution in [2.24, 2.45) is 0 Å². The number of rotatable bonds is 3. The van der Waals surface area contributed by atoms with E-state index in [9.17, 15) is 4.79 Å². The highest BCUT2D eigenvalue weighted by molar-refractivity contribution is 6.29. The summed E-state index contributed by atoms with van der Waals surface area (Å²) >= 11 is 5.74. The fourth-order valence-corrected chi connectivity index (χ4v) is 1.72. The van der Waals surface area contributed by atoms with Crippen LogP contribution in [-0.2, 0) is 11.2 Å². The summed E-state index contributed by atoms with van der Waals surface area (Å²) in [6.07, 6.45) is 0.328. The summed E-state index contributed by atoms with van der Waals surface area (Å²) in [6.45, 7) is 2.01. The number of hydrogen-bond acceptors (Lipinski definition) is 2. The first-order valence-electron chi connectivity index (χ1n) is 5.61. The molecule has 0 saturated carbocycles. The molecule has 4 heteroatoms. The smallest absolute Gasteiger partial charge is 0.229 e. The summed E-state index contributed by atoms with van der Waals surface area (Å²) < 4.78 is 0. The number of halogens is 1. The summed E-state index contributed by atoms with van der Waals surface area (Å²) in [4.78, 5) is 15.8. The minimum atomic E-state index is -0.103. The number of amides is 1. The summed E-state index contributed by atoms with van der Waals surface area (Å²) in [7, 11) is 0. The maximum Gasteiger partial charge on any atom is 0.229 e. The van der Waals surface area contributed by atoms with E-state index in [2.05, 4.69) is 10.3 Å². The van der Waals surface area contributed by atoms with Crippen molar-refractivity contribution in [3.8, 4) is 0 Å². The van der Waals surface area contributed by atoms with Crippen molar-refractivity contribution < 1.29 is 4.79 Å². The summed E-state index contributed by atoms with van der Waals surface area (Å²) in [5.74, 6) is 0.369. The molecule has 0 aliphatic carbocycles. The van der Waals surface area contributed by atoms with Gasteiger partial charge in [-0.3, -0.25) is 4.79 Å². The van der Waals surface area contributed by atoms with Gasteiger partial charge in [0.05, 0.1) is 6.42 Å². The number of aromatic nitrogens is 1. The average molecular weight is 261 g/mol. The Morgan fingerprint density at radius 2 is 1.94 bits per heavy atom. The number of carbonyl (C=O) groups excluding carboxylic acids is 1. The molecular weight excluding hydrogens is 248 g/mol. The lowest BCUT2D eigenvalue weighted by atomic mass is 10.1. The van der Waals surface area contributed by atoms with Gasteiger partial charge in [0, 0.05) is 0 Å². The third kappa shape index (κ3) is 3.57.